The number of nitrogens with one attached hydrogen (secondary N) is 1. The van der Waals surface area contributed by atoms with Gasteiger partial charge in [-0.15, -0.1) is 10.2 Å². The number of piperidine rings is 1. The van der Waals surface area contributed by atoms with Gasteiger partial charge < -0.3 is 14.8 Å². The Morgan fingerprint density at radius 1 is 1.23 bits per heavy atom. The van der Waals surface area contributed by atoms with Gasteiger partial charge in [-0.05, 0) is 31.9 Å². The predicted molar refractivity (Wildman–Crippen MR) is 84.7 cm³/mol. The smallest absolute Gasteiger partial charge is 0.321 e. The molecule has 2 aromatic rings. The molecule has 1 N–H and O–H groups in total. The van der Waals surface area contributed by atoms with Gasteiger partial charge in [-0.25, -0.2) is 4.79 Å². The number of likely N-dealkylation sites (tertiary alicyclic amines) is 1. The number of hydrogen-bond donors (Lipinski definition) is 1. The predicted octanol–water partition coefficient (Wildman–Crippen LogP) is 2.54. The van der Waals surface area contributed by atoms with Gasteiger partial charge in [0, 0.05) is 31.7 Å². The zero-order valence-electron chi connectivity index (χ0n) is 13.0. The molecule has 6 nitrogen and oxygen atoms in total. The third-order valence-corrected chi connectivity index (χ3v) is 4.20. The lowest BCUT2D eigenvalue weighted by Crippen LogP contribution is -2.40. The Morgan fingerprint density at radius 2 is 1.91 bits per heavy atom. The highest BCUT2D eigenvalue weighted by molar-refractivity contribution is 5.89. The van der Waals surface area contributed by atoms with Crippen LogP contribution in [-0.4, -0.2) is 38.8 Å². The van der Waals surface area contributed by atoms with Crippen LogP contribution in [0.1, 0.15) is 30.1 Å². The standard InChI is InChI=1S/C16H21N5O/c1-12-3-5-14(6-4-12)18-16(22)21-9-7-13(8-10-21)15-19-17-11-20(15)2/h3-6,11,13H,7-10H2,1-2H3,(H,18,22). The van der Waals surface area contributed by atoms with E-state index >= 15 is 0 Å². The molecule has 0 bridgehead atoms. The molecule has 6 heteroatoms. The van der Waals surface area contributed by atoms with Crippen LogP contribution in [0, 0.1) is 6.92 Å². The minimum atomic E-state index is -0.0275. The molecule has 0 aliphatic carbocycles. The average molecular weight is 299 g/mol. The number of carbonyl (C=O) groups excluding carboxylic acids is 1. The molecular weight excluding hydrogens is 278 g/mol. The first-order chi connectivity index (χ1) is 10.6. The van der Waals surface area contributed by atoms with E-state index in [0.29, 0.717) is 5.92 Å². The molecule has 22 heavy (non-hydrogen) atoms. The quantitative estimate of drug-likeness (QED) is 0.927. The highest BCUT2D eigenvalue weighted by Gasteiger charge is 2.26. The maximum atomic E-state index is 12.3. The van der Waals surface area contributed by atoms with Gasteiger partial charge in [-0.3, -0.25) is 0 Å². The third-order valence-electron chi connectivity index (χ3n) is 4.20. The molecule has 1 saturated heterocycles. The summed E-state index contributed by atoms with van der Waals surface area (Å²) < 4.78 is 1.96. The van der Waals surface area contributed by atoms with Crippen LogP contribution in [0.3, 0.4) is 0 Å². The molecule has 1 aliphatic heterocycles. The van der Waals surface area contributed by atoms with Crippen LogP contribution >= 0.6 is 0 Å². The van der Waals surface area contributed by atoms with Crippen molar-refractivity contribution in [3.63, 3.8) is 0 Å². The summed E-state index contributed by atoms with van der Waals surface area (Å²) in [5.41, 5.74) is 2.02. The van der Waals surface area contributed by atoms with Crippen molar-refractivity contribution in [3.05, 3.63) is 42.0 Å². The first-order valence-corrected chi connectivity index (χ1v) is 7.60. The number of aromatic nitrogens is 3. The molecule has 0 radical (unpaired) electrons. The van der Waals surface area contributed by atoms with Crippen molar-refractivity contribution in [3.8, 4) is 0 Å². The highest BCUT2D eigenvalue weighted by Crippen LogP contribution is 2.26. The van der Waals surface area contributed by atoms with E-state index in [2.05, 4.69) is 15.5 Å². The molecule has 0 unspecified atom stereocenters. The second-order valence-corrected chi connectivity index (χ2v) is 5.86. The average Bonchev–Trinajstić information content (AvgIpc) is 2.96. The van der Waals surface area contributed by atoms with Crippen molar-refractivity contribution >= 4 is 11.7 Å². The van der Waals surface area contributed by atoms with Crippen molar-refractivity contribution in [2.45, 2.75) is 25.7 Å². The van der Waals surface area contributed by atoms with E-state index in [4.69, 9.17) is 0 Å². The van der Waals surface area contributed by atoms with Crippen molar-refractivity contribution in [1.29, 1.82) is 0 Å². The molecule has 3 rings (SSSR count). The normalized spacial score (nSPS) is 15.8. The van der Waals surface area contributed by atoms with Gasteiger partial charge in [0.1, 0.15) is 12.2 Å². The number of benzene rings is 1. The molecule has 2 amide bonds. The Kier molecular flexibility index (Phi) is 4.09. The molecule has 1 aromatic carbocycles. The van der Waals surface area contributed by atoms with Gasteiger partial charge in [-0.1, -0.05) is 17.7 Å². The van der Waals surface area contributed by atoms with Gasteiger partial charge in [0.15, 0.2) is 0 Å². The molecule has 1 fully saturated rings. The number of hydrogen-bond acceptors (Lipinski definition) is 3. The lowest BCUT2D eigenvalue weighted by molar-refractivity contribution is 0.193. The molecule has 1 aromatic heterocycles. The van der Waals surface area contributed by atoms with Crippen LogP contribution in [0.5, 0.6) is 0 Å². The molecule has 0 saturated carbocycles. The Hall–Kier alpha value is -2.37. The minimum Gasteiger partial charge on any atom is -0.324 e. The summed E-state index contributed by atoms with van der Waals surface area (Å²) in [7, 11) is 1.96. The maximum Gasteiger partial charge on any atom is 0.321 e. The van der Waals surface area contributed by atoms with Gasteiger partial charge in [0.2, 0.25) is 0 Å². The summed E-state index contributed by atoms with van der Waals surface area (Å²) in [4.78, 5) is 14.2. The number of anilines is 1. The summed E-state index contributed by atoms with van der Waals surface area (Å²) in [6.07, 6.45) is 3.58. The molecule has 0 atom stereocenters. The summed E-state index contributed by atoms with van der Waals surface area (Å²) in [5.74, 6) is 1.40. The largest absolute Gasteiger partial charge is 0.324 e. The Morgan fingerprint density at radius 3 is 2.50 bits per heavy atom. The van der Waals surface area contributed by atoms with E-state index in [1.54, 1.807) is 6.33 Å². The van der Waals surface area contributed by atoms with Gasteiger partial charge in [0.05, 0.1) is 0 Å². The van der Waals surface area contributed by atoms with Crippen LogP contribution in [0.15, 0.2) is 30.6 Å². The monoisotopic (exact) mass is 299 g/mol. The third kappa shape index (κ3) is 3.10. The van der Waals surface area contributed by atoms with Gasteiger partial charge in [0.25, 0.3) is 0 Å². The minimum absolute atomic E-state index is 0.0275. The lowest BCUT2D eigenvalue weighted by Gasteiger charge is -2.31. The molecular formula is C16H21N5O. The van der Waals surface area contributed by atoms with E-state index in [0.717, 1.165) is 37.4 Å². The van der Waals surface area contributed by atoms with E-state index in [9.17, 15) is 4.79 Å². The molecule has 1 aliphatic rings. The summed E-state index contributed by atoms with van der Waals surface area (Å²) >= 11 is 0. The Balaban J connectivity index is 1.56. The lowest BCUT2D eigenvalue weighted by atomic mass is 9.96. The summed E-state index contributed by atoms with van der Waals surface area (Å²) in [5, 5.41) is 11.1. The Bertz CT molecular complexity index is 641. The highest BCUT2D eigenvalue weighted by atomic mass is 16.2. The zero-order chi connectivity index (χ0) is 15.5. The van der Waals surface area contributed by atoms with Gasteiger partial charge >= 0.3 is 6.03 Å². The van der Waals surface area contributed by atoms with E-state index in [1.807, 2.05) is 47.7 Å². The fourth-order valence-corrected chi connectivity index (χ4v) is 2.84. The summed E-state index contributed by atoms with van der Waals surface area (Å²) in [6, 6.07) is 7.82. The van der Waals surface area contributed by atoms with Crippen molar-refractivity contribution in [2.75, 3.05) is 18.4 Å². The maximum absolute atomic E-state index is 12.3. The topological polar surface area (TPSA) is 63.1 Å². The zero-order valence-corrected chi connectivity index (χ0v) is 13.0. The number of aryl methyl sites for hydroxylation is 2. The molecule has 0 spiro atoms. The SMILES string of the molecule is Cc1ccc(NC(=O)N2CCC(c3nncn3C)CC2)cc1. The van der Waals surface area contributed by atoms with Crippen LogP contribution in [0.2, 0.25) is 0 Å². The fourth-order valence-electron chi connectivity index (χ4n) is 2.84. The van der Waals surface area contributed by atoms with E-state index in [-0.39, 0.29) is 6.03 Å². The molecule has 116 valence electrons. The Labute approximate surface area is 130 Å². The molecule has 2 heterocycles. The number of rotatable bonds is 2. The first-order valence-electron chi connectivity index (χ1n) is 7.60. The van der Waals surface area contributed by atoms with Crippen LogP contribution in [0.25, 0.3) is 0 Å². The van der Waals surface area contributed by atoms with Crippen molar-refractivity contribution in [1.82, 2.24) is 19.7 Å². The number of amides is 2. The number of nitrogens with zero attached hydrogens (tertiary/aromatic N) is 4. The van der Waals surface area contributed by atoms with E-state index in [1.165, 1.54) is 5.56 Å². The second kappa shape index (κ2) is 6.17. The van der Waals surface area contributed by atoms with E-state index < -0.39 is 0 Å². The van der Waals surface area contributed by atoms with Crippen LogP contribution in [0.4, 0.5) is 10.5 Å². The van der Waals surface area contributed by atoms with Crippen LogP contribution in [-0.2, 0) is 7.05 Å². The first kappa shape index (κ1) is 14.6. The fraction of sp³-hybridized carbons (Fsp3) is 0.438. The van der Waals surface area contributed by atoms with Crippen LogP contribution < -0.4 is 5.32 Å². The summed E-state index contributed by atoms with van der Waals surface area (Å²) in [6.45, 7) is 3.52. The second-order valence-electron chi connectivity index (χ2n) is 5.86. The van der Waals surface area contributed by atoms with Crippen molar-refractivity contribution in [2.24, 2.45) is 7.05 Å². The van der Waals surface area contributed by atoms with Crippen molar-refractivity contribution < 1.29 is 4.79 Å². The van der Waals surface area contributed by atoms with Gasteiger partial charge in [-0.2, -0.15) is 0 Å². The number of urea groups is 1. The number of carbonyl (C=O) groups is 1.